The average Bonchev–Trinajstić information content (AvgIpc) is 3.44. The van der Waals surface area contributed by atoms with Crippen molar-refractivity contribution in [2.45, 2.75) is 0 Å². The van der Waals surface area contributed by atoms with Crippen molar-refractivity contribution >= 4 is 56.6 Å². The lowest BCUT2D eigenvalue weighted by Gasteiger charge is -2.11. The van der Waals surface area contributed by atoms with Crippen molar-refractivity contribution in [2.24, 2.45) is 0 Å². The third kappa shape index (κ3) is 3.97. The van der Waals surface area contributed by atoms with Crippen LogP contribution in [0.1, 0.15) is 0 Å². The predicted octanol–water partition coefficient (Wildman–Crippen LogP) is 5.94. The molecule has 0 fully saturated rings. The molecule has 5 aromatic rings. The Labute approximate surface area is 183 Å². The zero-order chi connectivity index (χ0) is 21.9. The van der Waals surface area contributed by atoms with Crippen LogP contribution in [0, 0.1) is 0 Å². The number of H-pyrrole nitrogens is 2. The molecule has 0 aliphatic carbocycles. The van der Waals surface area contributed by atoms with Crippen LogP contribution in [0.15, 0.2) is 85.2 Å². The SMILES string of the molecule is O=C(Nc1cccc(NC(=O)Nc2cccc3[nH]ccc23)c1)Nc1cccc2[nH]ccc12. The number of hydrogen-bond acceptors (Lipinski definition) is 2. The molecule has 8 heteroatoms. The van der Waals surface area contributed by atoms with Crippen molar-refractivity contribution in [1.29, 1.82) is 0 Å². The van der Waals surface area contributed by atoms with Gasteiger partial charge in [-0.2, -0.15) is 0 Å². The fourth-order valence-electron chi connectivity index (χ4n) is 3.63. The van der Waals surface area contributed by atoms with E-state index >= 15 is 0 Å². The highest BCUT2D eigenvalue weighted by molar-refractivity contribution is 6.07. The molecule has 0 bridgehead atoms. The molecule has 8 nitrogen and oxygen atoms in total. The minimum absolute atomic E-state index is 0.376. The van der Waals surface area contributed by atoms with Crippen LogP contribution in [-0.2, 0) is 0 Å². The lowest BCUT2D eigenvalue weighted by Crippen LogP contribution is -2.21. The minimum atomic E-state index is -0.376. The smallest absolute Gasteiger partial charge is 0.323 e. The molecule has 3 aromatic carbocycles. The van der Waals surface area contributed by atoms with Crippen molar-refractivity contribution in [3.8, 4) is 0 Å². The van der Waals surface area contributed by atoms with E-state index in [2.05, 4.69) is 31.2 Å². The maximum absolute atomic E-state index is 12.5. The molecule has 6 N–H and O–H groups in total. The van der Waals surface area contributed by atoms with Crippen LogP contribution in [0.25, 0.3) is 21.8 Å². The first-order valence-corrected chi connectivity index (χ1v) is 10.0. The number of anilines is 4. The Hall–Kier alpha value is -4.72. The number of hydrogen-bond donors (Lipinski definition) is 6. The Bertz CT molecular complexity index is 1330. The van der Waals surface area contributed by atoms with E-state index in [0.717, 1.165) is 21.8 Å². The molecule has 0 unspecified atom stereocenters. The number of carbonyl (C=O) groups excluding carboxylic acids is 2. The molecule has 0 aliphatic rings. The number of urea groups is 2. The molecule has 0 aliphatic heterocycles. The average molecular weight is 424 g/mol. The van der Waals surface area contributed by atoms with E-state index < -0.39 is 0 Å². The van der Waals surface area contributed by atoms with E-state index in [4.69, 9.17) is 0 Å². The van der Waals surface area contributed by atoms with E-state index in [9.17, 15) is 9.59 Å². The number of rotatable bonds is 4. The van der Waals surface area contributed by atoms with Crippen LogP contribution in [-0.4, -0.2) is 22.0 Å². The summed E-state index contributed by atoms with van der Waals surface area (Å²) in [6.45, 7) is 0. The molecule has 32 heavy (non-hydrogen) atoms. The Kier molecular flexibility index (Phi) is 4.93. The third-order valence-corrected chi connectivity index (χ3v) is 5.06. The van der Waals surface area contributed by atoms with E-state index in [1.165, 1.54) is 0 Å². The fraction of sp³-hybridized carbons (Fsp3) is 0. The molecular weight excluding hydrogens is 404 g/mol. The molecular formula is C24H20N6O2. The molecule has 2 heterocycles. The topological polar surface area (TPSA) is 114 Å². The quantitative estimate of drug-likeness (QED) is 0.214. The highest BCUT2D eigenvalue weighted by Crippen LogP contribution is 2.24. The van der Waals surface area contributed by atoms with E-state index in [0.29, 0.717) is 22.7 Å². The summed E-state index contributed by atoms with van der Waals surface area (Å²) in [6.07, 6.45) is 3.65. The van der Waals surface area contributed by atoms with Crippen LogP contribution in [0.2, 0.25) is 0 Å². The summed E-state index contributed by atoms with van der Waals surface area (Å²) in [6, 6.07) is 21.3. The second-order valence-electron chi connectivity index (χ2n) is 7.23. The zero-order valence-corrected chi connectivity index (χ0v) is 16.9. The summed E-state index contributed by atoms with van der Waals surface area (Å²) in [5, 5.41) is 13.1. The second-order valence-corrected chi connectivity index (χ2v) is 7.23. The third-order valence-electron chi connectivity index (χ3n) is 5.06. The van der Waals surface area contributed by atoms with Crippen molar-refractivity contribution in [3.05, 3.63) is 85.2 Å². The highest BCUT2D eigenvalue weighted by atomic mass is 16.2. The van der Waals surface area contributed by atoms with Crippen LogP contribution in [0.5, 0.6) is 0 Å². The zero-order valence-electron chi connectivity index (χ0n) is 16.9. The van der Waals surface area contributed by atoms with Crippen LogP contribution < -0.4 is 21.3 Å². The van der Waals surface area contributed by atoms with Gasteiger partial charge in [-0.25, -0.2) is 9.59 Å². The van der Waals surface area contributed by atoms with Crippen molar-refractivity contribution in [3.63, 3.8) is 0 Å². The van der Waals surface area contributed by atoms with Crippen LogP contribution in [0.3, 0.4) is 0 Å². The minimum Gasteiger partial charge on any atom is -0.361 e. The number of carbonyl (C=O) groups is 2. The lowest BCUT2D eigenvalue weighted by molar-refractivity contribution is 0.261. The number of benzene rings is 3. The highest BCUT2D eigenvalue weighted by Gasteiger charge is 2.09. The maximum atomic E-state index is 12.5. The molecule has 2 aromatic heterocycles. The summed E-state index contributed by atoms with van der Waals surface area (Å²) >= 11 is 0. The Morgan fingerprint density at radius 2 is 1.03 bits per heavy atom. The summed E-state index contributed by atoms with van der Waals surface area (Å²) < 4.78 is 0. The molecule has 4 amide bonds. The summed E-state index contributed by atoms with van der Waals surface area (Å²) in [4.78, 5) is 31.2. The summed E-state index contributed by atoms with van der Waals surface area (Å²) in [7, 11) is 0. The normalized spacial score (nSPS) is 10.8. The molecule has 158 valence electrons. The van der Waals surface area contributed by atoms with Crippen LogP contribution >= 0.6 is 0 Å². The predicted molar refractivity (Wildman–Crippen MR) is 128 cm³/mol. The van der Waals surface area contributed by atoms with Gasteiger partial charge in [0.25, 0.3) is 0 Å². The molecule has 0 saturated carbocycles. The summed E-state index contributed by atoms with van der Waals surface area (Å²) in [5.74, 6) is 0. The van der Waals surface area contributed by atoms with Gasteiger partial charge in [-0.05, 0) is 54.6 Å². The van der Waals surface area contributed by atoms with Crippen molar-refractivity contribution in [2.75, 3.05) is 21.3 Å². The number of nitrogens with one attached hydrogen (secondary N) is 6. The van der Waals surface area contributed by atoms with E-state index in [1.54, 1.807) is 24.3 Å². The lowest BCUT2D eigenvalue weighted by atomic mass is 10.2. The molecule has 0 saturated heterocycles. The largest absolute Gasteiger partial charge is 0.361 e. The fourth-order valence-corrected chi connectivity index (χ4v) is 3.63. The maximum Gasteiger partial charge on any atom is 0.323 e. The Balaban J connectivity index is 1.24. The molecule has 0 spiro atoms. The van der Waals surface area contributed by atoms with Gasteiger partial charge < -0.3 is 31.2 Å². The number of fused-ring (bicyclic) bond motifs is 2. The first-order valence-electron chi connectivity index (χ1n) is 10.0. The van der Waals surface area contributed by atoms with Gasteiger partial charge in [-0.3, -0.25) is 0 Å². The van der Waals surface area contributed by atoms with Gasteiger partial charge in [-0.1, -0.05) is 18.2 Å². The molecule has 0 atom stereocenters. The summed E-state index contributed by atoms with van der Waals surface area (Å²) in [5.41, 5.74) is 4.39. The van der Waals surface area contributed by atoms with Crippen molar-refractivity contribution in [1.82, 2.24) is 9.97 Å². The number of amides is 4. The number of aromatic amines is 2. The number of aromatic nitrogens is 2. The molecule has 5 rings (SSSR count). The van der Waals surface area contributed by atoms with Gasteiger partial charge in [0.2, 0.25) is 0 Å². The second kappa shape index (κ2) is 8.19. The van der Waals surface area contributed by atoms with E-state index in [1.807, 2.05) is 60.9 Å². The molecule has 0 radical (unpaired) electrons. The Morgan fingerprint density at radius 1 is 0.562 bits per heavy atom. The van der Waals surface area contributed by atoms with Crippen LogP contribution in [0.4, 0.5) is 32.3 Å². The van der Waals surface area contributed by atoms with Gasteiger partial charge >= 0.3 is 12.1 Å². The van der Waals surface area contributed by atoms with Gasteiger partial charge in [0, 0.05) is 45.6 Å². The van der Waals surface area contributed by atoms with Gasteiger partial charge in [-0.15, -0.1) is 0 Å². The van der Waals surface area contributed by atoms with Gasteiger partial charge in [0.15, 0.2) is 0 Å². The standard InChI is InChI=1S/C24H20N6O2/c31-23(29-21-8-2-6-19-17(21)10-12-25-19)27-15-4-1-5-16(14-15)28-24(32)30-22-9-3-7-20-18(22)11-13-26-20/h1-14,25-26H,(H2,27,29,31)(H2,28,30,32). The first-order chi connectivity index (χ1) is 15.7. The Morgan fingerprint density at radius 3 is 1.53 bits per heavy atom. The monoisotopic (exact) mass is 424 g/mol. The van der Waals surface area contributed by atoms with Gasteiger partial charge in [0.1, 0.15) is 0 Å². The van der Waals surface area contributed by atoms with E-state index in [-0.39, 0.29) is 12.1 Å². The van der Waals surface area contributed by atoms with Gasteiger partial charge in [0.05, 0.1) is 11.4 Å². The van der Waals surface area contributed by atoms with Crippen molar-refractivity contribution < 1.29 is 9.59 Å². The first kappa shape index (κ1) is 19.3.